The molecule has 0 radical (unpaired) electrons. The first kappa shape index (κ1) is 16.5. The highest BCUT2D eigenvalue weighted by molar-refractivity contribution is 7.20. The van der Waals surface area contributed by atoms with E-state index in [-0.39, 0.29) is 25.2 Å². The predicted octanol–water partition coefficient (Wildman–Crippen LogP) is 2.88. The third kappa shape index (κ3) is 3.84. The van der Waals surface area contributed by atoms with E-state index >= 15 is 0 Å². The second kappa shape index (κ2) is 7.38. The van der Waals surface area contributed by atoms with Crippen LogP contribution in [0, 0.1) is 0 Å². The van der Waals surface area contributed by atoms with Crippen LogP contribution in [0.1, 0.15) is 34.5 Å². The minimum atomic E-state index is -0.970. The number of rotatable bonds is 8. The fourth-order valence-corrected chi connectivity index (χ4v) is 3.29. The molecule has 2 rings (SSSR count). The molecule has 0 aliphatic heterocycles. The van der Waals surface area contributed by atoms with E-state index in [0.29, 0.717) is 17.7 Å². The van der Waals surface area contributed by atoms with Crippen molar-refractivity contribution in [3.8, 4) is 5.75 Å². The molecule has 0 fully saturated rings. The Hall–Kier alpha value is -1.92. The number of aliphatic hydroxyl groups is 1. The molecule has 2 aromatic rings. The number of ketones is 1. The number of aliphatic carboxylic acids is 1. The number of hydrogen-bond donors (Lipinski definition) is 2. The zero-order chi connectivity index (χ0) is 16.1. The number of methoxy groups -OCH3 is 1. The number of carboxylic acids is 1. The molecule has 1 aromatic carbocycles. The van der Waals surface area contributed by atoms with Crippen molar-refractivity contribution in [2.45, 2.75) is 25.7 Å². The Labute approximate surface area is 132 Å². The second-order valence-corrected chi connectivity index (χ2v) is 6.04. The molecule has 0 unspecified atom stereocenters. The molecular weight excluding hydrogens is 304 g/mol. The van der Waals surface area contributed by atoms with Crippen molar-refractivity contribution in [1.29, 1.82) is 0 Å². The Morgan fingerprint density at radius 2 is 2.00 bits per heavy atom. The molecule has 0 spiro atoms. The first-order chi connectivity index (χ1) is 10.5. The zero-order valence-corrected chi connectivity index (χ0v) is 13.1. The van der Waals surface area contributed by atoms with Crippen molar-refractivity contribution in [1.82, 2.24) is 0 Å². The van der Waals surface area contributed by atoms with Crippen molar-refractivity contribution in [3.63, 3.8) is 0 Å². The lowest BCUT2D eigenvalue weighted by atomic mass is 10.1. The number of benzene rings is 1. The van der Waals surface area contributed by atoms with E-state index in [1.165, 1.54) is 11.3 Å². The molecule has 6 heteroatoms. The Morgan fingerprint density at radius 1 is 1.23 bits per heavy atom. The van der Waals surface area contributed by atoms with Crippen LogP contribution in [0.25, 0.3) is 10.1 Å². The Bertz CT molecular complexity index is 689. The first-order valence-corrected chi connectivity index (χ1v) is 7.83. The molecule has 0 saturated carbocycles. The highest BCUT2D eigenvalue weighted by Crippen LogP contribution is 2.33. The Kier molecular flexibility index (Phi) is 5.51. The lowest BCUT2D eigenvalue weighted by molar-refractivity contribution is -0.136. The molecular formula is C16H18O5S. The zero-order valence-electron chi connectivity index (χ0n) is 12.3. The molecule has 0 saturated heterocycles. The summed E-state index contributed by atoms with van der Waals surface area (Å²) in [4.78, 5) is 23.1. The first-order valence-electron chi connectivity index (χ1n) is 7.01. The van der Waals surface area contributed by atoms with Crippen LogP contribution in [0.5, 0.6) is 5.75 Å². The third-order valence-corrected chi connectivity index (χ3v) is 4.50. The van der Waals surface area contributed by atoms with Gasteiger partial charge in [0.05, 0.1) is 18.4 Å². The minimum absolute atomic E-state index is 0.0106. The number of carbonyl (C=O) groups excluding carboxylic acids is 1. The maximum atomic E-state index is 12.0. The van der Waals surface area contributed by atoms with Gasteiger partial charge in [0.2, 0.25) is 0 Å². The molecule has 1 heterocycles. The molecule has 118 valence electrons. The van der Waals surface area contributed by atoms with Crippen molar-refractivity contribution < 1.29 is 24.5 Å². The fraction of sp³-hybridized carbons (Fsp3) is 0.375. The van der Waals surface area contributed by atoms with E-state index < -0.39 is 5.97 Å². The number of thiophene rings is 1. The summed E-state index contributed by atoms with van der Waals surface area (Å²) < 4.78 is 6.30. The number of ether oxygens (including phenoxy) is 1. The average molecular weight is 322 g/mol. The summed E-state index contributed by atoms with van der Waals surface area (Å²) in [6.45, 7) is 0.115. The fourth-order valence-electron chi connectivity index (χ4n) is 2.25. The normalized spacial score (nSPS) is 10.8. The average Bonchev–Trinajstić information content (AvgIpc) is 2.92. The molecule has 0 bridgehead atoms. The summed E-state index contributed by atoms with van der Waals surface area (Å²) in [5.74, 6) is -0.380. The van der Waals surface area contributed by atoms with E-state index in [1.54, 1.807) is 13.2 Å². The Balaban J connectivity index is 2.29. The van der Waals surface area contributed by atoms with Gasteiger partial charge in [0.1, 0.15) is 5.75 Å². The molecule has 0 atom stereocenters. The van der Waals surface area contributed by atoms with Gasteiger partial charge in [-0.1, -0.05) is 0 Å². The van der Waals surface area contributed by atoms with Gasteiger partial charge in [-0.2, -0.15) is 0 Å². The van der Waals surface area contributed by atoms with Gasteiger partial charge in [0.15, 0.2) is 5.78 Å². The summed E-state index contributed by atoms with van der Waals surface area (Å²) in [5, 5.41) is 18.5. The van der Waals surface area contributed by atoms with Gasteiger partial charge in [0, 0.05) is 17.7 Å². The van der Waals surface area contributed by atoms with E-state index in [1.807, 2.05) is 12.1 Å². The summed E-state index contributed by atoms with van der Waals surface area (Å²) >= 11 is 1.35. The quantitative estimate of drug-likeness (QED) is 0.730. The summed E-state index contributed by atoms with van der Waals surface area (Å²) in [6.07, 6.45) is 1.21. The number of aryl methyl sites for hydroxylation is 1. The number of hydrogen-bond acceptors (Lipinski definition) is 5. The van der Waals surface area contributed by atoms with Crippen molar-refractivity contribution >= 4 is 33.2 Å². The number of aliphatic hydroxyl groups excluding tert-OH is 1. The molecule has 0 aliphatic rings. The van der Waals surface area contributed by atoms with Crippen molar-refractivity contribution in [2.75, 3.05) is 13.7 Å². The predicted molar refractivity (Wildman–Crippen MR) is 85.0 cm³/mol. The Morgan fingerprint density at radius 3 is 2.64 bits per heavy atom. The van der Waals surface area contributed by atoms with Crippen LogP contribution in [0.4, 0.5) is 0 Å². The lowest BCUT2D eigenvalue weighted by Gasteiger charge is -2.07. The van der Waals surface area contributed by atoms with Crippen molar-refractivity contribution in [3.05, 3.63) is 28.6 Å². The summed E-state index contributed by atoms with van der Waals surface area (Å²) in [5.41, 5.74) is 0.992. The van der Waals surface area contributed by atoms with Crippen LogP contribution >= 0.6 is 11.3 Å². The van der Waals surface area contributed by atoms with E-state index in [4.69, 9.17) is 14.9 Å². The van der Waals surface area contributed by atoms with Crippen LogP contribution in [0.2, 0.25) is 0 Å². The lowest BCUT2D eigenvalue weighted by Crippen LogP contribution is -2.01. The van der Waals surface area contributed by atoms with Gasteiger partial charge >= 0.3 is 5.97 Å². The molecule has 2 N–H and O–H groups in total. The maximum Gasteiger partial charge on any atom is 0.303 e. The maximum absolute atomic E-state index is 12.0. The number of carboxylic acid groups (broad SMARTS) is 1. The monoisotopic (exact) mass is 322 g/mol. The van der Waals surface area contributed by atoms with Gasteiger partial charge in [-0.15, -0.1) is 11.3 Å². The smallest absolute Gasteiger partial charge is 0.303 e. The largest absolute Gasteiger partial charge is 0.496 e. The van der Waals surface area contributed by atoms with Crippen LogP contribution in [-0.4, -0.2) is 35.7 Å². The highest BCUT2D eigenvalue weighted by atomic mass is 32.1. The van der Waals surface area contributed by atoms with Gasteiger partial charge in [-0.05, 0) is 42.0 Å². The topological polar surface area (TPSA) is 83.8 Å². The van der Waals surface area contributed by atoms with Gasteiger partial charge in [-0.3, -0.25) is 9.59 Å². The summed E-state index contributed by atoms with van der Waals surface area (Å²) in [7, 11) is 1.59. The number of carbonyl (C=O) groups is 2. The van der Waals surface area contributed by atoms with Crippen LogP contribution in [0.15, 0.2) is 18.2 Å². The molecule has 1 aromatic heterocycles. The van der Waals surface area contributed by atoms with E-state index in [9.17, 15) is 9.59 Å². The highest BCUT2D eigenvalue weighted by Gasteiger charge is 2.14. The number of Topliss-reactive ketones (excluding diaryl/α,β-unsaturated/α-hetero) is 1. The van der Waals surface area contributed by atoms with E-state index in [0.717, 1.165) is 21.4 Å². The van der Waals surface area contributed by atoms with Crippen LogP contribution in [-0.2, 0) is 11.2 Å². The number of fused-ring (bicyclic) bond motifs is 1. The van der Waals surface area contributed by atoms with Gasteiger partial charge in [-0.25, -0.2) is 0 Å². The van der Waals surface area contributed by atoms with Crippen LogP contribution in [0.3, 0.4) is 0 Å². The summed E-state index contributed by atoms with van der Waals surface area (Å²) in [6, 6.07) is 5.65. The molecule has 0 aliphatic carbocycles. The standard InChI is InChI=1S/C16H18O5S/c1-21-13-9-14-11(7-10(13)3-2-6-17)8-15(22-14)12(18)4-5-16(19)20/h7-9,17H,2-6H2,1H3,(H,19,20). The van der Waals surface area contributed by atoms with E-state index in [2.05, 4.69) is 0 Å². The van der Waals surface area contributed by atoms with Gasteiger partial charge < -0.3 is 14.9 Å². The minimum Gasteiger partial charge on any atom is -0.496 e. The van der Waals surface area contributed by atoms with Gasteiger partial charge in [0.25, 0.3) is 0 Å². The molecule has 5 nitrogen and oxygen atoms in total. The van der Waals surface area contributed by atoms with Crippen molar-refractivity contribution in [2.24, 2.45) is 0 Å². The SMILES string of the molecule is COc1cc2sc(C(=O)CCC(=O)O)cc2cc1CCCO. The molecule has 22 heavy (non-hydrogen) atoms. The third-order valence-electron chi connectivity index (χ3n) is 3.36. The van der Waals surface area contributed by atoms with Crippen LogP contribution < -0.4 is 4.74 Å². The second-order valence-electron chi connectivity index (χ2n) is 4.96. The molecule has 0 amide bonds.